The molecule has 1 rings (SSSR count). The van der Waals surface area contributed by atoms with E-state index in [0.29, 0.717) is 0 Å². The molecular formula is C8H3BrF4O. The van der Waals surface area contributed by atoms with Crippen molar-refractivity contribution in [1.29, 1.82) is 0 Å². The van der Waals surface area contributed by atoms with Crippen molar-refractivity contribution in [3.05, 3.63) is 34.4 Å². The number of rotatable bonds is 2. The van der Waals surface area contributed by atoms with Crippen molar-refractivity contribution in [3.8, 4) is 0 Å². The van der Waals surface area contributed by atoms with Crippen LogP contribution in [0.25, 0.3) is 0 Å². The second kappa shape index (κ2) is 4.08. The van der Waals surface area contributed by atoms with Crippen LogP contribution in [0.2, 0.25) is 0 Å². The van der Waals surface area contributed by atoms with Crippen molar-refractivity contribution < 1.29 is 22.4 Å². The molecule has 0 saturated heterocycles. The van der Waals surface area contributed by atoms with Gasteiger partial charge in [-0.05, 0) is 0 Å². The highest BCUT2D eigenvalue weighted by molar-refractivity contribution is 9.08. The molecule has 0 bridgehead atoms. The Kier molecular flexibility index (Phi) is 3.25. The molecular weight excluding hydrogens is 268 g/mol. The fraction of sp³-hybridized carbons (Fsp3) is 0.125. The molecule has 0 spiro atoms. The molecule has 0 aromatic heterocycles. The lowest BCUT2D eigenvalue weighted by molar-refractivity contribution is 0.111. The van der Waals surface area contributed by atoms with Gasteiger partial charge in [0.2, 0.25) is 0 Å². The van der Waals surface area contributed by atoms with E-state index < -0.39 is 34.4 Å². The van der Waals surface area contributed by atoms with Crippen LogP contribution in [-0.4, -0.2) is 6.29 Å². The normalized spacial score (nSPS) is 10.4. The van der Waals surface area contributed by atoms with Crippen LogP contribution in [0.4, 0.5) is 17.6 Å². The zero-order valence-corrected chi connectivity index (χ0v) is 8.17. The van der Waals surface area contributed by atoms with Gasteiger partial charge in [-0.1, -0.05) is 15.9 Å². The van der Waals surface area contributed by atoms with Crippen LogP contribution < -0.4 is 0 Å². The first-order valence-electron chi connectivity index (χ1n) is 3.40. The molecule has 0 amide bonds. The Balaban J connectivity index is 3.63. The molecule has 76 valence electrons. The molecule has 0 aliphatic rings. The predicted molar refractivity (Wildman–Crippen MR) is 44.3 cm³/mol. The first-order chi connectivity index (χ1) is 6.54. The van der Waals surface area contributed by atoms with Gasteiger partial charge in [0.25, 0.3) is 0 Å². The van der Waals surface area contributed by atoms with Crippen LogP contribution in [-0.2, 0) is 5.33 Å². The van der Waals surface area contributed by atoms with Crippen molar-refractivity contribution in [2.24, 2.45) is 0 Å². The molecule has 0 aliphatic carbocycles. The summed E-state index contributed by atoms with van der Waals surface area (Å²) in [5, 5.41) is -0.377. The largest absolute Gasteiger partial charge is 0.298 e. The predicted octanol–water partition coefficient (Wildman–Crippen LogP) is 2.95. The van der Waals surface area contributed by atoms with Crippen molar-refractivity contribution in [2.45, 2.75) is 5.33 Å². The van der Waals surface area contributed by atoms with Gasteiger partial charge in [0, 0.05) is 10.9 Å². The van der Waals surface area contributed by atoms with Crippen molar-refractivity contribution in [2.75, 3.05) is 0 Å². The monoisotopic (exact) mass is 270 g/mol. The molecule has 1 nitrogen and oxygen atoms in total. The molecule has 0 N–H and O–H groups in total. The topological polar surface area (TPSA) is 17.1 Å². The van der Waals surface area contributed by atoms with Crippen molar-refractivity contribution >= 4 is 22.2 Å². The number of carbonyl (C=O) groups is 1. The van der Waals surface area contributed by atoms with Crippen LogP contribution in [0.15, 0.2) is 0 Å². The maximum absolute atomic E-state index is 12.9. The van der Waals surface area contributed by atoms with Gasteiger partial charge in [0.1, 0.15) is 0 Å². The van der Waals surface area contributed by atoms with Crippen LogP contribution in [0.1, 0.15) is 15.9 Å². The Morgan fingerprint density at radius 3 is 1.71 bits per heavy atom. The Bertz CT molecular complexity index is 362. The number of halogens is 5. The van der Waals surface area contributed by atoms with Crippen LogP contribution in [0, 0.1) is 23.3 Å². The number of alkyl halides is 1. The SMILES string of the molecule is O=Cc1c(F)c(F)c(CBr)c(F)c1F. The maximum Gasteiger partial charge on any atom is 0.172 e. The summed E-state index contributed by atoms with van der Waals surface area (Å²) < 4.78 is 51.6. The van der Waals surface area contributed by atoms with E-state index in [4.69, 9.17) is 0 Å². The summed E-state index contributed by atoms with van der Waals surface area (Å²) in [5.74, 6) is -6.45. The first-order valence-corrected chi connectivity index (χ1v) is 4.52. The van der Waals surface area contributed by atoms with Gasteiger partial charge < -0.3 is 0 Å². The summed E-state index contributed by atoms with van der Waals surface area (Å²) in [5.41, 5.74) is -2.00. The van der Waals surface area contributed by atoms with Crippen LogP contribution >= 0.6 is 15.9 Å². The second-order valence-electron chi connectivity index (χ2n) is 2.40. The molecule has 0 aliphatic heterocycles. The van der Waals surface area contributed by atoms with E-state index in [1.165, 1.54) is 0 Å². The molecule has 1 aromatic carbocycles. The summed E-state index contributed by atoms with van der Waals surface area (Å²) in [6, 6.07) is 0. The van der Waals surface area contributed by atoms with Gasteiger partial charge in [-0.25, -0.2) is 17.6 Å². The molecule has 0 heterocycles. The second-order valence-corrected chi connectivity index (χ2v) is 2.96. The Labute approximate surface area is 84.9 Å². The summed E-state index contributed by atoms with van der Waals surface area (Å²) in [4.78, 5) is 10.1. The fourth-order valence-electron chi connectivity index (χ4n) is 0.915. The van der Waals surface area contributed by atoms with Gasteiger partial charge >= 0.3 is 0 Å². The summed E-state index contributed by atoms with van der Waals surface area (Å²) in [7, 11) is 0. The third kappa shape index (κ3) is 1.54. The highest BCUT2D eigenvalue weighted by Gasteiger charge is 2.23. The number of carbonyl (C=O) groups excluding carboxylic acids is 1. The Hall–Kier alpha value is -0.910. The zero-order chi connectivity index (χ0) is 10.9. The lowest BCUT2D eigenvalue weighted by Crippen LogP contribution is -2.06. The van der Waals surface area contributed by atoms with Crippen molar-refractivity contribution in [3.63, 3.8) is 0 Å². The fourth-order valence-corrected chi connectivity index (χ4v) is 1.41. The highest BCUT2D eigenvalue weighted by atomic mass is 79.9. The van der Waals surface area contributed by atoms with E-state index in [9.17, 15) is 22.4 Å². The average molecular weight is 271 g/mol. The van der Waals surface area contributed by atoms with E-state index in [-0.39, 0.29) is 11.6 Å². The van der Waals surface area contributed by atoms with E-state index >= 15 is 0 Å². The van der Waals surface area contributed by atoms with Gasteiger partial charge in [-0.3, -0.25) is 4.79 Å². The molecule has 6 heteroatoms. The summed E-state index contributed by atoms with van der Waals surface area (Å²) in [6.45, 7) is 0. The van der Waals surface area contributed by atoms with Gasteiger partial charge in [-0.15, -0.1) is 0 Å². The summed E-state index contributed by atoms with van der Waals surface area (Å²) in [6.07, 6.45) is -0.269. The lowest BCUT2D eigenvalue weighted by Gasteiger charge is -2.05. The van der Waals surface area contributed by atoms with E-state index in [0.717, 1.165) is 0 Å². The first kappa shape index (κ1) is 11.2. The lowest BCUT2D eigenvalue weighted by atomic mass is 10.1. The molecule has 0 radical (unpaired) electrons. The van der Waals surface area contributed by atoms with Gasteiger partial charge in [-0.2, -0.15) is 0 Å². The standard InChI is InChI=1S/C8H3BrF4O/c9-1-3-5(10)7(12)4(2-14)8(13)6(3)11/h2H,1H2. The number of hydrogen-bond acceptors (Lipinski definition) is 1. The Morgan fingerprint density at radius 1 is 1.00 bits per heavy atom. The maximum atomic E-state index is 12.9. The van der Waals surface area contributed by atoms with Gasteiger partial charge in [0.05, 0.1) is 5.56 Å². The average Bonchev–Trinajstić information content (AvgIpc) is 2.17. The molecule has 0 saturated carbocycles. The minimum absolute atomic E-state index is 0.269. The number of aldehydes is 1. The van der Waals surface area contributed by atoms with E-state index in [1.807, 2.05) is 0 Å². The zero-order valence-electron chi connectivity index (χ0n) is 6.58. The minimum atomic E-state index is -1.67. The van der Waals surface area contributed by atoms with E-state index in [1.54, 1.807) is 0 Å². The molecule has 14 heavy (non-hydrogen) atoms. The van der Waals surface area contributed by atoms with Gasteiger partial charge in [0.15, 0.2) is 29.6 Å². The van der Waals surface area contributed by atoms with E-state index in [2.05, 4.69) is 15.9 Å². The number of hydrogen-bond donors (Lipinski definition) is 0. The third-order valence-corrected chi connectivity index (χ3v) is 2.20. The summed E-state index contributed by atoms with van der Waals surface area (Å²) >= 11 is 2.67. The molecule has 0 unspecified atom stereocenters. The minimum Gasteiger partial charge on any atom is -0.298 e. The smallest absolute Gasteiger partial charge is 0.172 e. The Morgan fingerprint density at radius 2 is 1.43 bits per heavy atom. The molecule has 0 atom stereocenters. The molecule has 1 aromatic rings. The number of benzene rings is 1. The quantitative estimate of drug-likeness (QED) is 0.350. The highest BCUT2D eigenvalue weighted by Crippen LogP contribution is 2.24. The molecule has 0 fully saturated rings. The van der Waals surface area contributed by atoms with Crippen LogP contribution in [0.3, 0.4) is 0 Å². The van der Waals surface area contributed by atoms with Crippen molar-refractivity contribution in [1.82, 2.24) is 0 Å². The third-order valence-electron chi connectivity index (χ3n) is 1.64. The van der Waals surface area contributed by atoms with Crippen LogP contribution in [0.5, 0.6) is 0 Å².